The van der Waals surface area contributed by atoms with Gasteiger partial charge in [-0.05, 0) is 18.3 Å². The molecule has 0 aliphatic rings. The lowest BCUT2D eigenvalue weighted by atomic mass is 9.89. The first-order valence-electron chi connectivity index (χ1n) is 5.99. The Bertz CT molecular complexity index is 255. The largest absolute Gasteiger partial charge is 0.480 e. The number of nitrogens with one attached hydrogen (secondary N) is 1. The Kier molecular flexibility index (Phi) is 7.34. The molecule has 0 saturated carbocycles. The van der Waals surface area contributed by atoms with Crippen LogP contribution in [0.4, 0.5) is 4.79 Å². The number of carboxylic acids is 1. The Morgan fingerprint density at radius 1 is 1.35 bits per heavy atom. The average molecular weight is 245 g/mol. The average Bonchev–Trinajstić information content (AvgIpc) is 2.24. The van der Waals surface area contributed by atoms with Crippen LogP contribution >= 0.6 is 0 Å². The second-order valence-electron chi connectivity index (χ2n) is 4.56. The van der Waals surface area contributed by atoms with Crippen molar-refractivity contribution in [2.75, 3.05) is 7.11 Å². The van der Waals surface area contributed by atoms with Crippen LogP contribution in [0.25, 0.3) is 0 Å². The molecule has 0 fully saturated rings. The van der Waals surface area contributed by atoms with Crippen molar-refractivity contribution in [3.63, 3.8) is 0 Å². The molecule has 0 bridgehead atoms. The molecule has 5 heteroatoms. The van der Waals surface area contributed by atoms with Gasteiger partial charge in [0.15, 0.2) is 0 Å². The van der Waals surface area contributed by atoms with Crippen LogP contribution < -0.4 is 5.32 Å². The molecule has 0 aromatic rings. The summed E-state index contributed by atoms with van der Waals surface area (Å²) in [6.45, 7) is 6.03. The molecule has 3 atom stereocenters. The number of hydrogen-bond acceptors (Lipinski definition) is 3. The SMILES string of the molecule is CCCC(C)CC(C)C(NC(=O)OC)C(=O)O. The van der Waals surface area contributed by atoms with E-state index in [1.165, 1.54) is 7.11 Å². The molecular weight excluding hydrogens is 222 g/mol. The van der Waals surface area contributed by atoms with Gasteiger partial charge in [0.1, 0.15) is 6.04 Å². The standard InChI is InChI=1S/C12H23NO4/c1-5-6-8(2)7-9(3)10(11(14)15)13-12(16)17-4/h8-10H,5-7H2,1-4H3,(H,13,16)(H,14,15). The molecular formula is C12H23NO4. The van der Waals surface area contributed by atoms with Crippen molar-refractivity contribution >= 4 is 12.1 Å². The van der Waals surface area contributed by atoms with Crippen LogP contribution in [-0.4, -0.2) is 30.3 Å². The topological polar surface area (TPSA) is 75.6 Å². The third-order valence-corrected chi connectivity index (χ3v) is 2.85. The van der Waals surface area contributed by atoms with E-state index in [0.717, 1.165) is 19.3 Å². The Labute approximate surface area is 103 Å². The van der Waals surface area contributed by atoms with Gasteiger partial charge in [-0.2, -0.15) is 0 Å². The number of carbonyl (C=O) groups is 2. The highest BCUT2D eigenvalue weighted by Gasteiger charge is 2.27. The van der Waals surface area contributed by atoms with E-state index in [-0.39, 0.29) is 5.92 Å². The Morgan fingerprint density at radius 2 is 1.94 bits per heavy atom. The maximum atomic E-state index is 11.1. The van der Waals surface area contributed by atoms with Crippen molar-refractivity contribution < 1.29 is 19.4 Å². The smallest absolute Gasteiger partial charge is 0.407 e. The number of ether oxygens (including phenoxy) is 1. The molecule has 1 amide bonds. The number of carbonyl (C=O) groups excluding carboxylic acids is 1. The highest BCUT2D eigenvalue weighted by Crippen LogP contribution is 2.19. The first-order valence-corrected chi connectivity index (χ1v) is 5.99. The zero-order valence-corrected chi connectivity index (χ0v) is 11.0. The van der Waals surface area contributed by atoms with Gasteiger partial charge in [-0.3, -0.25) is 0 Å². The maximum Gasteiger partial charge on any atom is 0.407 e. The quantitative estimate of drug-likeness (QED) is 0.721. The summed E-state index contributed by atoms with van der Waals surface area (Å²) in [7, 11) is 1.22. The van der Waals surface area contributed by atoms with Crippen LogP contribution in [-0.2, 0) is 9.53 Å². The van der Waals surface area contributed by atoms with Gasteiger partial charge in [0, 0.05) is 0 Å². The molecule has 100 valence electrons. The van der Waals surface area contributed by atoms with Gasteiger partial charge >= 0.3 is 12.1 Å². The number of methoxy groups -OCH3 is 1. The van der Waals surface area contributed by atoms with Crippen molar-refractivity contribution in [1.82, 2.24) is 5.32 Å². The van der Waals surface area contributed by atoms with Crippen LogP contribution in [0, 0.1) is 11.8 Å². The summed E-state index contributed by atoms with van der Waals surface area (Å²) in [6.07, 6.45) is 2.21. The van der Waals surface area contributed by atoms with Crippen LogP contribution in [0.2, 0.25) is 0 Å². The van der Waals surface area contributed by atoms with Crippen molar-refractivity contribution in [1.29, 1.82) is 0 Å². The van der Waals surface area contributed by atoms with Crippen molar-refractivity contribution in [3.05, 3.63) is 0 Å². The Morgan fingerprint density at radius 3 is 2.35 bits per heavy atom. The fraction of sp³-hybridized carbons (Fsp3) is 0.833. The number of carboxylic acid groups (broad SMARTS) is 1. The van der Waals surface area contributed by atoms with Crippen molar-refractivity contribution in [3.8, 4) is 0 Å². The van der Waals surface area contributed by atoms with E-state index in [4.69, 9.17) is 5.11 Å². The van der Waals surface area contributed by atoms with Gasteiger partial charge in [0.05, 0.1) is 7.11 Å². The Balaban J connectivity index is 4.38. The van der Waals surface area contributed by atoms with Gasteiger partial charge in [-0.25, -0.2) is 9.59 Å². The van der Waals surface area contributed by atoms with Crippen LogP contribution in [0.3, 0.4) is 0 Å². The van der Waals surface area contributed by atoms with Crippen LogP contribution in [0.15, 0.2) is 0 Å². The van der Waals surface area contributed by atoms with Gasteiger partial charge in [-0.15, -0.1) is 0 Å². The van der Waals surface area contributed by atoms with E-state index >= 15 is 0 Å². The van der Waals surface area contributed by atoms with Gasteiger partial charge < -0.3 is 15.2 Å². The molecule has 0 saturated heterocycles. The molecule has 5 nitrogen and oxygen atoms in total. The summed E-state index contributed by atoms with van der Waals surface area (Å²) in [5.41, 5.74) is 0. The van der Waals surface area contributed by atoms with Crippen molar-refractivity contribution in [2.24, 2.45) is 11.8 Å². The molecule has 3 unspecified atom stereocenters. The predicted octanol–water partition coefficient (Wildman–Crippen LogP) is 2.26. The molecule has 17 heavy (non-hydrogen) atoms. The number of alkyl carbamates (subject to hydrolysis) is 1. The summed E-state index contributed by atoms with van der Waals surface area (Å²) in [5.74, 6) is -0.684. The number of aliphatic carboxylic acids is 1. The highest BCUT2D eigenvalue weighted by molar-refractivity contribution is 5.80. The van der Waals surface area contributed by atoms with Crippen LogP contribution in [0.5, 0.6) is 0 Å². The fourth-order valence-corrected chi connectivity index (χ4v) is 2.01. The Hall–Kier alpha value is -1.26. The molecule has 0 aliphatic carbocycles. The lowest BCUT2D eigenvalue weighted by molar-refractivity contribution is -0.140. The second kappa shape index (κ2) is 7.92. The van der Waals surface area contributed by atoms with Gasteiger partial charge in [0.2, 0.25) is 0 Å². The molecule has 0 aromatic carbocycles. The van der Waals surface area contributed by atoms with Crippen LogP contribution in [0.1, 0.15) is 40.0 Å². The summed E-state index contributed by atoms with van der Waals surface area (Å²) in [5, 5.41) is 11.4. The highest BCUT2D eigenvalue weighted by atomic mass is 16.5. The summed E-state index contributed by atoms with van der Waals surface area (Å²) >= 11 is 0. The first-order chi connectivity index (χ1) is 7.92. The minimum Gasteiger partial charge on any atom is -0.480 e. The van der Waals surface area contributed by atoms with Crippen molar-refractivity contribution in [2.45, 2.75) is 46.1 Å². The zero-order chi connectivity index (χ0) is 13.4. The summed E-state index contributed by atoms with van der Waals surface area (Å²) in [6, 6.07) is -0.887. The molecule has 0 aromatic heterocycles. The molecule has 0 aliphatic heterocycles. The molecule has 0 spiro atoms. The molecule has 0 rings (SSSR count). The number of hydrogen-bond donors (Lipinski definition) is 2. The van der Waals surface area contributed by atoms with E-state index in [1.54, 1.807) is 0 Å². The predicted molar refractivity (Wildman–Crippen MR) is 64.8 cm³/mol. The minimum atomic E-state index is -1.02. The lowest BCUT2D eigenvalue weighted by Gasteiger charge is -2.23. The van der Waals surface area contributed by atoms with E-state index in [0.29, 0.717) is 5.92 Å². The molecule has 2 N–H and O–H groups in total. The monoisotopic (exact) mass is 245 g/mol. The number of rotatable bonds is 7. The lowest BCUT2D eigenvalue weighted by Crippen LogP contribution is -2.45. The zero-order valence-electron chi connectivity index (χ0n) is 11.0. The van der Waals surface area contributed by atoms with E-state index in [1.807, 2.05) is 6.92 Å². The van der Waals surface area contributed by atoms with E-state index in [2.05, 4.69) is 23.9 Å². The normalized spacial score (nSPS) is 15.8. The molecule has 0 heterocycles. The fourth-order valence-electron chi connectivity index (χ4n) is 2.01. The summed E-state index contributed by atoms with van der Waals surface area (Å²) in [4.78, 5) is 22.1. The molecule has 0 radical (unpaired) electrons. The third-order valence-electron chi connectivity index (χ3n) is 2.85. The number of amides is 1. The first kappa shape index (κ1) is 15.7. The second-order valence-corrected chi connectivity index (χ2v) is 4.56. The minimum absolute atomic E-state index is 0.117. The third kappa shape index (κ3) is 6.14. The van der Waals surface area contributed by atoms with E-state index < -0.39 is 18.1 Å². The maximum absolute atomic E-state index is 11.1. The van der Waals surface area contributed by atoms with E-state index in [9.17, 15) is 9.59 Å². The van der Waals surface area contributed by atoms with Gasteiger partial charge in [-0.1, -0.05) is 33.6 Å². The summed E-state index contributed by atoms with van der Waals surface area (Å²) < 4.78 is 4.42. The van der Waals surface area contributed by atoms with Gasteiger partial charge in [0.25, 0.3) is 0 Å².